The third-order valence-electron chi connectivity index (χ3n) is 16.8. The standard InChI is InChI=1S/C77H142O6/c1-4-7-10-13-16-19-22-25-27-29-31-33-35-37-38-39-41-42-44-46-48-50-52-55-58-61-64-67-70-76(79)82-73-74(72-81-75(78)69-66-63-60-57-54-24-21-18-15-12-9-6-3)83-77(80)71-68-65-62-59-56-53-51-49-47-45-43-40-36-34-32-30-28-26-23-20-17-14-11-8-5-2/h8,11,17,20,26,28,32,34,74H,4-7,9-10,12-16,18-19,21-25,27,29-31,33,35-73H2,1-3H3/b11-8-,20-17-,28-26-,34-32-. The van der Waals surface area contributed by atoms with Crippen molar-refractivity contribution in [3.63, 3.8) is 0 Å². The number of carbonyl (C=O) groups is 3. The van der Waals surface area contributed by atoms with Gasteiger partial charge in [-0.3, -0.25) is 14.4 Å². The highest BCUT2D eigenvalue weighted by Gasteiger charge is 2.20. The highest BCUT2D eigenvalue weighted by atomic mass is 16.6. The molecule has 0 aromatic rings. The number of unbranched alkanes of at least 4 members (excludes halogenated alkanes) is 50. The van der Waals surface area contributed by atoms with Crippen LogP contribution in [-0.4, -0.2) is 37.2 Å². The largest absolute Gasteiger partial charge is 0.462 e. The number of hydrogen-bond acceptors (Lipinski definition) is 6. The first-order chi connectivity index (χ1) is 41.0. The Labute approximate surface area is 518 Å². The van der Waals surface area contributed by atoms with E-state index in [2.05, 4.69) is 69.4 Å². The van der Waals surface area contributed by atoms with Gasteiger partial charge in [0.15, 0.2) is 6.10 Å². The number of ether oxygens (including phenoxy) is 3. The van der Waals surface area contributed by atoms with Crippen molar-refractivity contribution in [3.8, 4) is 0 Å². The van der Waals surface area contributed by atoms with Gasteiger partial charge in [0.05, 0.1) is 0 Å². The molecule has 0 fully saturated rings. The SMILES string of the molecule is CC/C=C\C/C=C\C/C=C\C/C=C\CCCCCCCCCCCCCCC(=O)OC(COC(=O)CCCCCCCCCCCCCC)COC(=O)CCCCCCCCCCCCCCCCCCCCCCCCCCCCCC. The van der Waals surface area contributed by atoms with Crippen molar-refractivity contribution in [2.24, 2.45) is 0 Å². The lowest BCUT2D eigenvalue weighted by molar-refractivity contribution is -0.167. The quantitative estimate of drug-likeness (QED) is 0.0261. The van der Waals surface area contributed by atoms with E-state index in [4.69, 9.17) is 14.2 Å². The molecule has 83 heavy (non-hydrogen) atoms. The zero-order valence-corrected chi connectivity index (χ0v) is 56.0. The average molecular weight is 1160 g/mol. The van der Waals surface area contributed by atoms with Crippen LogP contribution in [-0.2, 0) is 28.6 Å². The van der Waals surface area contributed by atoms with Crippen molar-refractivity contribution < 1.29 is 28.6 Å². The number of rotatable bonds is 69. The Kier molecular flexibility index (Phi) is 69.6. The van der Waals surface area contributed by atoms with Crippen LogP contribution in [0.2, 0.25) is 0 Å². The molecule has 6 heteroatoms. The summed E-state index contributed by atoms with van der Waals surface area (Å²) in [6.45, 7) is 6.60. The number of esters is 3. The predicted octanol–water partition coefficient (Wildman–Crippen LogP) is 25.7. The molecule has 0 aliphatic carbocycles. The van der Waals surface area contributed by atoms with Crippen molar-refractivity contribution >= 4 is 17.9 Å². The van der Waals surface area contributed by atoms with Crippen LogP contribution in [0.15, 0.2) is 48.6 Å². The fraction of sp³-hybridized carbons (Fsp3) is 0.857. The second kappa shape index (κ2) is 71.8. The van der Waals surface area contributed by atoms with E-state index in [1.165, 1.54) is 283 Å². The monoisotopic (exact) mass is 1160 g/mol. The zero-order valence-electron chi connectivity index (χ0n) is 56.0. The van der Waals surface area contributed by atoms with Gasteiger partial charge >= 0.3 is 17.9 Å². The summed E-state index contributed by atoms with van der Waals surface area (Å²) < 4.78 is 17.0. The van der Waals surface area contributed by atoms with Crippen LogP contribution in [0, 0.1) is 0 Å². The highest BCUT2D eigenvalue weighted by Crippen LogP contribution is 2.19. The Balaban J connectivity index is 4.17. The van der Waals surface area contributed by atoms with E-state index in [-0.39, 0.29) is 31.1 Å². The molecule has 0 radical (unpaired) electrons. The molecule has 0 aromatic carbocycles. The maximum absolute atomic E-state index is 13.0. The van der Waals surface area contributed by atoms with Crippen LogP contribution in [0.1, 0.15) is 406 Å². The molecule has 0 saturated carbocycles. The van der Waals surface area contributed by atoms with E-state index in [9.17, 15) is 14.4 Å². The average Bonchev–Trinajstić information content (AvgIpc) is 3.49. The number of allylic oxidation sites excluding steroid dienone is 8. The molecule has 1 unspecified atom stereocenters. The van der Waals surface area contributed by atoms with Crippen LogP contribution in [0.3, 0.4) is 0 Å². The maximum atomic E-state index is 13.0. The molecular formula is C77H142O6. The fourth-order valence-corrected chi connectivity index (χ4v) is 11.3. The molecular weight excluding hydrogens is 1020 g/mol. The van der Waals surface area contributed by atoms with Crippen LogP contribution < -0.4 is 0 Å². The van der Waals surface area contributed by atoms with Crippen LogP contribution in [0.5, 0.6) is 0 Å². The minimum Gasteiger partial charge on any atom is -0.462 e. The lowest BCUT2D eigenvalue weighted by atomic mass is 10.0. The Morgan fingerprint density at radius 3 is 0.735 bits per heavy atom. The van der Waals surface area contributed by atoms with E-state index in [0.717, 1.165) is 83.5 Å². The number of carbonyl (C=O) groups excluding carboxylic acids is 3. The van der Waals surface area contributed by atoms with Gasteiger partial charge in [-0.2, -0.15) is 0 Å². The highest BCUT2D eigenvalue weighted by molar-refractivity contribution is 5.71. The van der Waals surface area contributed by atoms with E-state index in [1.807, 2.05) is 0 Å². The minimum atomic E-state index is -0.772. The Hall–Kier alpha value is -2.63. The molecule has 1 atom stereocenters. The van der Waals surface area contributed by atoms with Crippen molar-refractivity contribution in [2.45, 2.75) is 412 Å². The van der Waals surface area contributed by atoms with Crippen molar-refractivity contribution in [1.82, 2.24) is 0 Å². The third kappa shape index (κ3) is 70.0. The summed E-state index contributed by atoms with van der Waals surface area (Å²) in [6, 6.07) is 0. The third-order valence-corrected chi connectivity index (χ3v) is 16.8. The Morgan fingerprint density at radius 2 is 0.470 bits per heavy atom. The normalized spacial score (nSPS) is 12.3. The fourth-order valence-electron chi connectivity index (χ4n) is 11.3. The smallest absolute Gasteiger partial charge is 0.306 e. The molecule has 0 aliphatic heterocycles. The molecule has 486 valence electrons. The van der Waals surface area contributed by atoms with E-state index in [1.54, 1.807) is 0 Å². The summed E-state index contributed by atoms with van der Waals surface area (Å²) >= 11 is 0. The summed E-state index contributed by atoms with van der Waals surface area (Å²) in [6.07, 6.45) is 91.6. The molecule has 0 aliphatic rings. The van der Waals surface area contributed by atoms with Crippen molar-refractivity contribution in [1.29, 1.82) is 0 Å². The number of hydrogen-bond donors (Lipinski definition) is 0. The van der Waals surface area contributed by atoms with E-state index >= 15 is 0 Å². The summed E-state index contributed by atoms with van der Waals surface area (Å²) in [4.78, 5) is 38.5. The lowest BCUT2D eigenvalue weighted by Gasteiger charge is -2.18. The van der Waals surface area contributed by atoms with E-state index in [0.29, 0.717) is 19.3 Å². The molecule has 0 N–H and O–H groups in total. The molecule has 6 nitrogen and oxygen atoms in total. The van der Waals surface area contributed by atoms with Crippen molar-refractivity contribution in [2.75, 3.05) is 13.2 Å². The maximum Gasteiger partial charge on any atom is 0.306 e. The van der Waals surface area contributed by atoms with Gasteiger partial charge in [0.2, 0.25) is 0 Å². The molecule has 0 aromatic heterocycles. The molecule has 0 rings (SSSR count). The van der Waals surface area contributed by atoms with Gasteiger partial charge in [-0.15, -0.1) is 0 Å². The molecule has 0 saturated heterocycles. The Morgan fingerprint density at radius 1 is 0.253 bits per heavy atom. The summed E-state index contributed by atoms with van der Waals surface area (Å²) in [5, 5.41) is 0. The van der Waals surface area contributed by atoms with Gasteiger partial charge in [-0.1, -0.05) is 378 Å². The molecule has 0 heterocycles. The first-order valence-corrected chi connectivity index (χ1v) is 37.1. The van der Waals surface area contributed by atoms with E-state index < -0.39 is 6.10 Å². The summed E-state index contributed by atoms with van der Waals surface area (Å²) in [7, 11) is 0. The minimum absolute atomic E-state index is 0.0674. The summed E-state index contributed by atoms with van der Waals surface area (Å²) in [5.41, 5.74) is 0. The van der Waals surface area contributed by atoms with Crippen LogP contribution in [0.25, 0.3) is 0 Å². The lowest BCUT2D eigenvalue weighted by Crippen LogP contribution is -2.30. The topological polar surface area (TPSA) is 78.9 Å². The van der Waals surface area contributed by atoms with Crippen molar-refractivity contribution in [3.05, 3.63) is 48.6 Å². The van der Waals surface area contributed by atoms with Crippen LogP contribution >= 0.6 is 0 Å². The second-order valence-corrected chi connectivity index (χ2v) is 25.2. The van der Waals surface area contributed by atoms with Gasteiger partial charge in [-0.25, -0.2) is 0 Å². The van der Waals surface area contributed by atoms with Crippen LogP contribution in [0.4, 0.5) is 0 Å². The van der Waals surface area contributed by atoms with Gasteiger partial charge in [0.1, 0.15) is 13.2 Å². The van der Waals surface area contributed by atoms with Gasteiger partial charge in [0, 0.05) is 19.3 Å². The summed E-state index contributed by atoms with van der Waals surface area (Å²) in [5.74, 6) is -0.840. The van der Waals surface area contributed by atoms with Gasteiger partial charge < -0.3 is 14.2 Å². The first-order valence-electron chi connectivity index (χ1n) is 37.1. The van der Waals surface area contributed by atoms with Gasteiger partial charge in [0.25, 0.3) is 0 Å². The zero-order chi connectivity index (χ0) is 59.9. The van der Waals surface area contributed by atoms with Gasteiger partial charge in [-0.05, 0) is 57.8 Å². The Bertz CT molecular complexity index is 1430. The molecule has 0 bridgehead atoms. The second-order valence-electron chi connectivity index (χ2n) is 25.2. The predicted molar refractivity (Wildman–Crippen MR) is 362 cm³/mol. The molecule has 0 amide bonds. The molecule has 0 spiro atoms. The first kappa shape index (κ1) is 80.4.